The molecule has 0 unspecified atom stereocenters. The third-order valence-electron chi connectivity index (χ3n) is 1.92. The minimum atomic E-state index is -4.08. The highest BCUT2D eigenvalue weighted by atomic mass is 35.5. The van der Waals surface area contributed by atoms with Gasteiger partial charge in [-0.25, -0.2) is 22.3 Å². The van der Waals surface area contributed by atoms with Gasteiger partial charge >= 0.3 is 0 Å². The third-order valence-corrected chi connectivity index (χ3v) is 3.31. The second-order valence-corrected chi connectivity index (χ2v) is 5.23. The predicted octanol–water partition coefficient (Wildman–Crippen LogP) is 0.982. The zero-order valence-corrected chi connectivity index (χ0v) is 10.4. The van der Waals surface area contributed by atoms with Gasteiger partial charge in [0.2, 0.25) is 10.0 Å². The SMILES string of the molecule is NS(=O)(=O)c1cc(C(=O)NCC(F)F)ccc1Cl. The molecule has 9 heteroatoms. The summed E-state index contributed by atoms with van der Waals surface area (Å²) in [6.07, 6.45) is -2.70. The number of hydrogen-bond donors (Lipinski definition) is 2. The van der Waals surface area contributed by atoms with Gasteiger partial charge in [0, 0.05) is 5.56 Å². The Morgan fingerprint density at radius 2 is 2.06 bits per heavy atom. The highest BCUT2D eigenvalue weighted by Crippen LogP contribution is 2.21. The summed E-state index contributed by atoms with van der Waals surface area (Å²) in [5, 5.41) is 6.66. The second kappa shape index (κ2) is 5.59. The van der Waals surface area contributed by atoms with Crippen molar-refractivity contribution in [3.63, 3.8) is 0 Å². The first-order valence-corrected chi connectivity index (χ1v) is 6.53. The van der Waals surface area contributed by atoms with E-state index in [1.807, 2.05) is 5.32 Å². The van der Waals surface area contributed by atoms with Crippen LogP contribution in [0.1, 0.15) is 10.4 Å². The van der Waals surface area contributed by atoms with Crippen LogP contribution in [0.2, 0.25) is 5.02 Å². The quantitative estimate of drug-likeness (QED) is 0.868. The van der Waals surface area contributed by atoms with Crippen molar-refractivity contribution in [3.8, 4) is 0 Å². The van der Waals surface area contributed by atoms with Gasteiger partial charge in [-0.1, -0.05) is 11.6 Å². The van der Waals surface area contributed by atoms with Crippen LogP contribution < -0.4 is 10.5 Å². The Hall–Kier alpha value is -1.25. The summed E-state index contributed by atoms with van der Waals surface area (Å²) in [6.45, 7) is -0.827. The van der Waals surface area contributed by atoms with Crippen molar-refractivity contribution < 1.29 is 22.0 Å². The van der Waals surface area contributed by atoms with E-state index in [2.05, 4.69) is 0 Å². The van der Waals surface area contributed by atoms with E-state index in [1.165, 1.54) is 6.07 Å². The molecule has 0 bridgehead atoms. The Kier molecular flexibility index (Phi) is 4.60. The van der Waals surface area contributed by atoms with E-state index in [1.54, 1.807) is 0 Å². The number of rotatable bonds is 4. The average Bonchev–Trinajstić information content (AvgIpc) is 2.24. The second-order valence-electron chi connectivity index (χ2n) is 3.29. The van der Waals surface area contributed by atoms with Crippen LogP contribution in [0, 0.1) is 0 Å². The fourth-order valence-electron chi connectivity index (χ4n) is 1.13. The molecule has 0 aliphatic heterocycles. The Morgan fingerprint density at radius 1 is 1.44 bits per heavy atom. The van der Waals surface area contributed by atoms with Crippen LogP contribution >= 0.6 is 11.6 Å². The van der Waals surface area contributed by atoms with Gasteiger partial charge in [0.05, 0.1) is 11.6 Å². The number of primary sulfonamides is 1. The molecule has 1 rings (SSSR count). The standard InChI is InChI=1S/C9H9ClF2N2O3S/c10-6-2-1-5(3-7(6)18(13,16)17)9(15)14-4-8(11)12/h1-3,8H,4H2,(H,14,15)(H2,13,16,17). The molecule has 0 aromatic heterocycles. The van der Waals surface area contributed by atoms with E-state index in [0.717, 1.165) is 12.1 Å². The zero-order valence-electron chi connectivity index (χ0n) is 8.86. The number of carbonyl (C=O) groups excluding carboxylic acids is 1. The van der Waals surface area contributed by atoms with Crippen LogP contribution in [-0.4, -0.2) is 27.3 Å². The monoisotopic (exact) mass is 298 g/mol. The molecular formula is C9H9ClF2N2O3S. The molecule has 0 spiro atoms. The van der Waals surface area contributed by atoms with Crippen LogP contribution in [0.15, 0.2) is 23.1 Å². The van der Waals surface area contributed by atoms with Gasteiger partial charge < -0.3 is 5.32 Å². The predicted molar refractivity (Wildman–Crippen MR) is 61.2 cm³/mol. The number of nitrogens with two attached hydrogens (primary N) is 1. The molecule has 0 atom stereocenters. The first-order valence-electron chi connectivity index (χ1n) is 4.60. The molecule has 0 aliphatic carbocycles. The molecule has 0 radical (unpaired) electrons. The Balaban J connectivity index is 3.02. The summed E-state index contributed by atoms with van der Waals surface area (Å²) in [6, 6.07) is 3.29. The normalized spacial score (nSPS) is 11.6. The molecule has 18 heavy (non-hydrogen) atoms. The van der Waals surface area contributed by atoms with Crippen molar-refractivity contribution in [2.24, 2.45) is 5.14 Å². The van der Waals surface area contributed by atoms with Crippen molar-refractivity contribution in [1.82, 2.24) is 5.32 Å². The summed E-state index contributed by atoms with van der Waals surface area (Å²) in [7, 11) is -4.08. The van der Waals surface area contributed by atoms with Gasteiger partial charge in [0.25, 0.3) is 12.3 Å². The number of amides is 1. The fourth-order valence-corrected chi connectivity index (χ4v) is 2.21. The van der Waals surface area contributed by atoms with Crippen molar-refractivity contribution in [1.29, 1.82) is 0 Å². The molecule has 5 nitrogen and oxygen atoms in total. The summed E-state index contributed by atoms with van der Waals surface area (Å²) < 4.78 is 46.1. The van der Waals surface area contributed by atoms with Crippen LogP contribution in [0.5, 0.6) is 0 Å². The van der Waals surface area contributed by atoms with Gasteiger partial charge in [-0.15, -0.1) is 0 Å². The number of nitrogens with one attached hydrogen (secondary N) is 1. The zero-order chi connectivity index (χ0) is 13.9. The molecule has 1 aromatic rings. The number of alkyl halides is 2. The number of hydrogen-bond acceptors (Lipinski definition) is 3. The largest absolute Gasteiger partial charge is 0.346 e. The first-order chi connectivity index (χ1) is 8.21. The number of benzene rings is 1. The molecule has 100 valence electrons. The maximum atomic E-state index is 11.9. The number of sulfonamides is 1. The fraction of sp³-hybridized carbons (Fsp3) is 0.222. The minimum Gasteiger partial charge on any atom is -0.346 e. The van der Waals surface area contributed by atoms with Crippen molar-refractivity contribution >= 4 is 27.5 Å². The van der Waals surface area contributed by atoms with E-state index in [4.69, 9.17) is 16.7 Å². The Morgan fingerprint density at radius 3 is 2.56 bits per heavy atom. The summed E-state index contributed by atoms with van der Waals surface area (Å²) in [5.74, 6) is -0.836. The van der Waals surface area contributed by atoms with Crippen molar-refractivity contribution in [2.45, 2.75) is 11.3 Å². The van der Waals surface area contributed by atoms with Crippen LogP contribution in [0.25, 0.3) is 0 Å². The maximum Gasteiger partial charge on any atom is 0.255 e. The molecule has 0 heterocycles. The molecule has 3 N–H and O–H groups in total. The third kappa shape index (κ3) is 3.90. The smallest absolute Gasteiger partial charge is 0.255 e. The Labute approximate surface area is 107 Å². The van der Waals surface area contributed by atoms with E-state index in [9.17, 15) is 22.0 Å². The highest BCUT2D eigenvalue weighted by molar-refractivity contribution is 7.89. The van der Waals surface area contributed by atoms with Gasteiger partial charge in [0.1, 0.15) is 4.90 Å². The van der Waals surface area contributed by atoms with E-state index >= 15 is 0 Å². The molecule has 0 aliphatic rings. The highest BCUT2D eigenvalue weighted by Gasteiger charge is 2.16. The molecule has 0 saturated heterocycles. The first kappa shape index (κ1) is 14.8. The van der Waals surface area contributed by atoms with E-state index in [0.29, 0.717) is 0 Å². The lowest BCUT2D eigenvalue weighted by molar-refractivity contribution is 0.0891. The van der Waals surface area contributed by atoms with Crippen LogP contribution in [0.4, 0.5) is 8.78 Å². The topological polar surface area (TPSA) is 89.3 Å². The summed E-state index contributed by atoms with van der Waals surface area (Å²) >= 11 is 5.60. The minimum absolute atomic E-state index is 0.121. The van der Waals surface area contributed by atoms with Gasteiger partial charge in [0.15, 0.2) is 0 Å². The molecular weight excluding hydrogens is 290 g/mol. The number of halogens is 3. The lowest BCUT2D eigenvalue weighted by Gasteiger charge is -2.07. The van der Waals surface area contributed by atoms with E-state index in [-0.39, 0.29) is 10.6 Å². The van der Waals surface area contributed by atoms with E-state index < -0.39 is 33.8 Å². The molecule has 0 fully saturated rings. The van der Waals surface area contributed by atoms with Crippen molar-refractivity contribution in [3.05, 3.63) is 28.8 Å². The molecule has 1 amide bonds. The summed E-state index contributed by atoms with van der Waals surface area (Å²) in [5.41, 5.74) is -0.121. The lowest BCUT2D eigenvalue weighted by atomic mass is 10.2. The lowest BCUT2D eigenvalue weighted by Crippen LogP contribution is -2.28. The molecule has 0 saturated carbocycles. The van der Waals surface area contributed by atoms with Crippen molar-refractivity contribution in [2.75, 3.05) is 6.54 Å². The maximum absolute atomic E-state index is 11.9. The van der Waals surface area contributed by atoms with Crippen LogP contribution in [0.3, 0.4) is 0 Å². The van der Waals surface area contributed by atoms with Gasteiger partial charge in [-0.2, -0.15) is 0 Å². The van der Waals surface area contributed by atoms with Gasteiger partial charge in [-0.3, -0.25) is 4.79 Å². The summed E-state index contributed by atoms with van der Waals surface area (Å²) in [4.78, 5) is 11.0. The number of carbonyl (C=O) groups is 1. The molecule has 1 aromatic carbocycles. The Bertz CT molecular complexity index is 563. The average molecular weight is 299 g/mol. The van der Waals surface area contributed by atoms with Gasteiger partial charge in [-0.05, 0) is 18.2 Å². The van der Waals surface area contributed by atoms with Crippen LogP contribution in [-0.2, 0) is 10.0 Å².